The Labute approximate surface area is 183 Å². The van der Waals surface area contributed by atoms with Crippen molar-refractivity contribution < 1.29 is 0 Å². The van der Waals surface area contributed by atoms with E-state index in [1.54, 1.807) is 0 Å². The molecule has 0 saturated carbocycles. The van der Waals surface area contributed by atoms with Crippen LogP contribution in [0.1, 0.15) is 89.7 Å². The number of unbranched alkanes of at least 4 members (excludes halogenated alkanes) is 3. The van der Waals surface area contributed by atoms with Gasteiger partial charge in [0, 0.05) is 0 Å². The average Bonchev–Trinajstić information content (AvgIpc) is 2.68. The molecular weight excluding hydrogens is 447 g/mol. The molecule has 2 rings (SSSR count). The summed E-state index contributed by atoms with van der Waals surface area (Å²) in [5.74, 6) is 0. The predicted molar refractivity (Wildman–Crippen MR) is 124 cm³/mol. The van der Waals surface area contributed by atoms with Crippen LogP contribution in [0, 0.1) is 13.8 Å². The van der Waals surface area contributed by atoms with Crippen LogP contribution in [0.15, 0.2) is 30.5 Å². The van der Waals surface area contributed by atoms with E-state index in [1.165, 1.54) is 72.6 Å². The van der Waals surface area contributed by atoms with Crippen LogP contribution in [-0.4, -0.2) is 31.1 Å². The van der Waals surface area contributed by atoms with Gasteiger partial charge in [0.2, 0.25) is 0 Å². The molecule has 28 heavy (non-hydrogen) atoms. The van der Waals surface area contributed by atoms with E-state index in [0.717, 1.165) is 11.4 Å². The van der Waals surface area contributed by atoms with Gasteiger partial charge in [-0.1, -0.05) is 0 Å². The molecule has 2 aromatic heterocycles. The van der Waals surface area contributed by atoms with Crippen molar-refractivity contribution in [2.75, 3.05) is 0 Å². The summed E-state index contributed by atoms with van der Waals surface area (Å²) in [6.45, 7) is 11.4. The molecule has 0 atom stereocenters. The second kappa shape index (κ2) is 11.9. The summed E-state index contributed by atoms with van der Waals surface area (Å²) in [5, 5.41) is 0. The van der Waals surface area contributed by atoms with Crippen molar-refractivity contribution in [3.63, 3.8) is 0 Å². The molecule has 152 valence electrons. The van der Waals surface area contributed by atoms with E-state index in [-0.39, 0.29) is 0 Å². The van der Waals surface area contributed by atoms with Gasteiger partial charge in [0.15, 0.2) is 0 Å². The number of hydrogen-bond acceptors (Lipinski definition) is 2. The maximum absolute atomic E-state index is 5.17. The summed E-state index contributed by atoms with van der Waals surface area (Å²) in [6.07, 6.45) is 14.1. The minimum absolute atomic E-state index is 0.573. The van der Waals surface area contributed by atoms with Crippen LogP contribution in [0.25, 0.3) is 11.4 Å². The molecule has 0 unspecified atom stereocenters. The molecule has 0 bridgehead atoms. The Morgan fingerprint density at radius 2 is 1.36 bits per heavy atom. The summed E-state index contributed by atoms with van der Waals surface area (Å²) in [7, 11) is 0. The molecule has 0 spiro atoms. The Balaban J connectivity index is 2.35. The molecule has 0 fully saturated rings. The molecule has 3 heteroatoms. The molecule has 2 heterocycles. The summed E-state index contributed by atoms with van der Waals surface area (Å²) in [4.78, 5) is 9.76. The first-order valence-electron chi connectivity index (χ1n) is 11.2. The Morgan fingerprint density at radius 1 is 0.786 bits per heavy atom. The van der Waals surface area contributed by atoms with Gasteiger partial charge in [-0.15, -0.1) is 0 Å². The summed E-state index contributed by atoms with van der Waals surface area (Å²) >= 11 is -0.812. The first kappa shape index (κ1) is 23.4. The van der Waals surface area contributed by atoms with Crippen molar-refractivity contribution in [1.82, 2.24) is 9.97 Å². The third-order valence-electron chi connectivity index (χ3n) is 5.57. The fourth-order valence-electron chi connectivity index (χ4n) is 3.92. The third-order valence-corrected chi connectivity index (χ3v) is 10.7. The van der Waals surface area contributed by atoms with Crippen LogP contribution in [0.4, 0.5) is 0 Å². The van der Waals surface area contributed by atoms with Gasteiger partial charge >= 0.3 is 184 Å². The van der Waals surface area contributed by atoms with E-state index in [1.807, 2.05) is 6.20 Å². The Kier molecular flexibility index (Phi) is 9.97. The van der Waals surface area contributed by atoms with E-state index < -0.39 is 21.1 Å². The monoisotopic (exact) mass is 486 g/mol. The summed E-state index contributed by atoms with van der Waals surface area (Å²) in [6, 6.07) is 8.80. The van der Waals surface area contributed by atoms with Crippen molar-refractivity contribution in [1.29, 1.82) is 0 Å². The molecule has 0 aliphatic rings. The molecule has 2 radical (unpaired) electrons. The van der Waals surface area contributed by atoms with Crippen molar-refractivity contribution in [2.24, 2.45) is 0 Å². The van der Waals surface area contributed by atoms with Crippen LogP contribution in [-0.2, 0) is 0 Å². The van der Waals surface area contributed by atoms with Gasteiger partial charge in [-0.2, -0.15) is 0 Å². The maximum atomic E-state index is 5.17. The van der Waals surface area contributed by atoms with Crippen LogP contribution in [0.5, 0.6) is 0 Å². The first-order chi connectivity index (χ1) is 13.5. The van der Waals surface area contributed by atoms with Crippen LogP contribution < -0.4 is 3.71 Å². The van der Waals surface area contributed by atoms with Crippen molar-refractivity contribution in [3.05, 3.63) is 41.6 Å². The number of hydrogen-bond donors (Lipinski definition) is 0. The van der Waals surface area contributed by atoms with Gasteiger partial charge in [-0.3, -0.25) is 0 Å². The molecule has 0 aliphatic heterocycles. The quantitative estimate of drug-likeness (QED) is 0.309. The van der Waals surface area contributed by atoms with E-state index in [9.17, 15) is 0 Å². The van der Waals surface area contributed by atoms with Gasteiger partial charge in [-0.05, 0) is 0 Å². The van der Waals surface area contributed by atoms with Gasteiger partial charge in [0.25, 0.3) is 0 Å². The van der Waals surface area contributed by atoms with Crippen LogP contribution >= 0.6 is 0 Å². The SMILES string of the molecule is CCCC[C](CCCC)(CCCC)[Sn][c]1cc(C)cc(-c2cc(C)ccn2)n1. The molecule has 0 N–H and O–H groups in total. The molecule has 2 aromatic rings. The van der Waals surface area contributed by atoms with Crippen LogP contribution in [0.2, 0.25) is 3.43 Å². The van der Waals surface area contributed by atoms with E-state index in [2.05, 4.69) is 63.9 Å². The number of aryl methyl sites for hydroxylation is 2. The number of aromatic nitrogens is 2. The summed E-state index contributed by atoms with van der Waals surface area (Å²) in [5.41, 5.74) is 4.66. The van der Waals surface area contributed by atoms with Crippen molar-refractivity contribution in [2.45, 2.75) is 95.8 Å². The summed E-state index contributed by atoms with van der Waals surface area (Å²) < 4.78 is 1.99. The van der Waals surface area contributed by atoms with Crippen LogP contribution in [0.3, 0.4) is 0 Å². The van der Waals surface area contributed by atoms with Gasteiger partial charge in [0.05, 0.1) is 0 Å². The van der Waals surface area contributed by atoms with E-state index in [4.69, 9.17) is 4.98 Å². The second-order valence-electron chi connectivity index (χ2n) is 8.35. The molecular formula is C25H38N2Sn. The molecule has 0 amide bonds. The molecule has 0 aliphatic carbocycles. The molecule has 0 saturated heterocycles. The zero-order valence-corrected chi connectivity index (χ0v) is 21.5. The normalized spacial score (nSPS) is 11.8. The zero-order valence-electron chi connectivity index (χ0n) is 18.6. The van der Waals surface area contributed by atoms with Gasteiger partial charge in [-0.25, -0.2) is 0 Å². The zero-order chi connectivity index (χ0) is 20.4. The third kappa shape index (κ3) is 7.17. The number of rotatable bonds is 12. The number of nitrogens with zero attached hydrogens (tertiary/aromatic N) is 2. The van der Waals surface area contributed by atoms with Crippen molar-refractivity contribution in [3.8, 4) is 11.4 Å². The standard InChI is InChI=1S/C13H27.C12H11N2.Sn/c1-4-7-10-13(11-8-5-2)12-9-6-3;1-9-3-5-13-11(7-9)12-8-10(2)4-6-14-12;/h4-12H2,1-3H3;3-5,7-8H,1-2H3;. The topological polar surface area (TPSA) is 25.8 Å². The molecule has 0 aromatic carbocycles. The fourth-order valence-corrected chi connectivity index (χ4v) is 9.41. The van der Waals surface area contributed by atoms with Gasteiger partial charge < -0.3 is 0 Å². The minimum atomic E-state index is -0.812. The van der Waals surface area contributed by atoms with E-state index >= 15 is 0 Å². The predicted octanol–water partition coefficient (Wildman–Crippen LogP) is 6.82. The Hall–Kier alpha value is -0.901. The number of pyridine rings is 2. The first-order valence-corrected chi connectivity index (χ1v) is 14.1. The van der Waals surface area contributed by atoms with Crippen molar-refractivity contribution >= 4 is 24.9 Å². The van der Waals surface area contributed by atoms with E-state index in [0.29, 0.717) is 3.43 Å². The second-order valence-corrected chi connectivity index (χ2v) is 13.6. The van der Waals surface area contributed by atoms with Gasteiger partial charge in [0.1, 0.15) is 0 Å². The fraction of sp³-hybridized carbons (Fsp3) is 0.600. The Bertz CT molecular complexity index is 704. The average molecular weight is 485 g/mol. The molecule has 2 nitrogen and oxygen atoms in total. The Morgan fingerprint density at radius 3 is 1.89 bits per heavy atom.